The van der Waals surface area contributed by atoms with Crippen molar-refractivity contribution in [3.63, 3.8) is 0 Å². The maximum atomic E-state index is 12.9. The quantitative estimate of drug-likeness (QED) is 0.527. The molecule has 29 heavy (non-hydrogen) atoms. The number of amides is 1. The van der Waals surface area contributed by atoms with E-state index < -0.39 is 5.97 Å². The van der Waals surface area contributed by atoms with Crippen molar-refractivity contribution in [2.45, 2.75) is 31.7 Å². The van der Waals surface area contributed by atoms with Crippen LogP contribution >= 0.6 is 22.9 Å². The van der Waals surface area contributed by atoms with Gasteiger partial charge in [-0.1, -0.05) is 29.8 Å². The molecule has 0 N–H and O–H groups in total. The van der Waals surface area contributed by atoms with E-state index in [0.29, 0.717) is 22.0 Å². The molecule has 1 aromatic carbocycles. The first kappa shape index (κ1) is 20.0. The number of piperidine rings is 1. The number of esters is 1. The van der Waals surface area contributed by atoms with Crippen molar-refractivity contribution in [2.24, 2.45) is 7.05 Å². The first-order chi connectivity index (χ1) is 14.1. The topological polar surface area (TPSA) is 51.5 Å². The second-order valence-corrected chi connectivity index (χ2v) is 8.75. The molecule has 0 aliphatic carbocycles. The summed E-state index contributed by atoms with van der Waals surface area (Å²) < 4.78 is 8.34. The highest BCUT2D eigenvalue weighted by Crippen LogP contribution is 2.35. The van der Waals surface area contributed by atoms with E-state index in [2.05, 4.69) is 0 Å². The highest BCUT2D eigenvalue weighted by molar-refractivity contribution is 7.21. The number of aryl methyl sites for hydroxylation is 1. The molecular weight excluding hydrogens is 408 g/mol. The minimum Gasteiger partial charge on any atom is -0.461 e. The van der Waals surface area contributed by atoms with Gasteiger partial charge in [-0.15, -0.1) is 11.3 Å². The highest BCUT2D eigenvalue weighted by Gasteiger charge is 2.29. The van der Waals surface area contributed by atoms with Crippen molar-refractivity contribution in [3.05, 3.63) is 58.2 Å². The molecule has 4 rings (SSSR count). The first-order valence-corrected chi connectivity index (χ1v) is 11.0. The third kappa shape index (κ3) is 4.05. The average molecular weight is 431 g/mol. The standard InChI is InChI=1S/C22H23ClN2O3S/c1-24-12-6-9-17(24)21(26)25-13-5-4-7-15(25)11-14-28-22(27)20-19(23)16-8-2-3-10-18(16)29-20/h2-3,6,8-10,12,15H,4-5,7,11,13-14H2,1H3. The normalized spacial score (nSPS) is 16.9. The minimum absolute atomic E-state index is 0.0427. The molecule has 0 bridgehead atoms. The Kier molecular flexibility index (Phi) is 5.92. The predicted molar refractivity (Wildman–Crippen MR) is 116 cm³/mol. The molecule has 3 heterocycles. The smallest absolute Gasteiger partial charge is 0.349 e. The number of rotatable bonds is 5. The van der Waals surface area contributed by atoms with Gasteiger partial charge in [-0.3, -0.25) is 4.79 Å². The Morgan fingerprint density at radius 2 is 2.03 bits per heavy atom. The lowest BCUT2D eigenvalue weighted by Crippen LogP contribution is -2.44. The summed E-state index contributed by atoms with van der Waals surface area (Å²) in [5, 5.41) is 1.33. The fraction of sp³-hybridized carbons (Fsp3) is 0.364. The Hall–Kier alpha value is -2.31. The number of likely N-dealkylation sites (tertiary alicyclic amines) is 1. The van der Waals surface area contributed by atoms with Crippen LogP contribution in [0.15, 0.2) is 42.6 Å². The van der Waals surface area contributed by atoms with Crippen molar-refractivity contribution < 1.29 is 14.3 Å². The van der Waals surface area contributed by atoms with Crippen LogP contribution in [0.25, 0.3) is 10.1 Å². The number of fused-ring (bicyclic) bond motifs is 1. The van der Waals surface area contributed by atoms with E-state index >= 15 is 0 Å². The van der Waals surface area contributed by atoms with Crippen LogP contribution in [0.2, 0.25) is 5.02 Å². The molecule has 5 nitrogen and oxygen atoms in total. The lowest BCUT2D eigenvalue weighted by atomic mass is 9.99. The number of carbonyl (C=O) groups is 2. The zero-order valence-electron chi connectivity index (χ0n) is 16.3. The molecule has 0 spiro atoms. The maximum Gasteiger partial charge on any atom is 0.349 e. The Balaban J connectivity index is 1.39. The number of carbonyl (C=O) groups excluding carboxylic acids is 2. The molecule has 1 atom stereocenters. The van der Waals surface area contributed by atoms with Gasteiger partial charge in [-0.25, -0.2) is 4.79 Å². The summed E-state index contributed by atoms with van der Waals surface area (Å²) in [5.74, 6) is -0.353. The number of aromatic nitrogens is 1. The monoisotopic (exact) mass is 430 g/mol. The van der Waals surface area contributed by atoms with Crippen LogP contribution in [-0.2, 0) is 11.8 Å². The van der Waals surface area contributed by atoms with Crippen molar-refractivity contribution in [3.8, 4) is 0 Å². The van der Waals surface area contributed by atoms with Gasteiger partial charge in [0.05, 0.1) is 11.6 Å². The van der Waals surface area contributed by atoms with Gasteiger partial charge in [0.25, 0.3) is 5.91 Å². The van der Waals surface area contributed by atoms with Crippen LogP contribution in [0.5, 0.6) is 0 Å². The van der Waals surface area contributed by atoms with Gasteiger partial charge in [0.15, 0.2) is 0 Å². The second kappa shape index (κ2) is 8.59. The van der Waals surface area contributed by atoms with Crippen LogP contribution in [-0.4, -0.2) is 40.5 Å². The number of ether oxygens (including phenoxy) is 1. The van der Waals surface area contributed by atoms with E-state index in [0.717, 1.165) is 35.9 Å². The summed E-state index contributed by atoms with van der Waals surface area (Å²) in [5.41, 5.74) is 0.686. The summed E-state index contributed by atoms with van der Waals surface area (Å²) in [4.78, 5) is 27.8. The van der Waals surface area contributed by atoms with Gasteiger partial charge >= 0.3 is 5.97 Å². The van der Waals surface area contributed by atoms with Gasteiger partial charge in [-0.2, -0.15) is 0 Å². The van der Waals surface area contributed by atoms with Gasteiger partial charge in [-0.05, 0) is 37.5 Å². The van der Waals surface area contributed by atoms with Crippen molar-refractivity contribution in [2.75, 3.05) is 13.2 Å². The molecule has 0 saturated carbocycles. The van der Waals surface area contributed by atoms with Crippen LogP contribution < -0.4 is 0 Å². The number of hydrogen-bond donors (Lipinski definition) is 0. The van der Waals surface area contributed by atoms with Gasteiger partial charge < -0.3 is 14.2 Å². The third-order valence-electron chi connectivity index (χ3n) is 5.46. The van der Waals surface area contributed by atoms with E-state index in [4.69, 9.17) is 16.3 Å². The maximum absolute atomic E-state index is 12.9. The summed E-state index contributed by atoms with van der Waals surface area (Å²) in [6.07, 6.45) is 5.52. The van der Waals surface area contributed by atoms with Gasteiger partial charge in [0.2, 0.25) is 0 Å². The molecular formula is C22H23ClN2O3S. The molecule has 1 unspecified atom stereocenters. The zero-order chi connectivity index (χ0) is 20.4. The van der Waals surface area contributed by atoms with E-state index in [-0.39, 0.29) is 18.6 Å². The van der Waals surface area contributed by atoms with Crippen molar-refractivity contribution in [1.29, 1.82) is 0 Å². The summed E-state index contributed by atoms with van der Waals surface area (Å²) >= 11 is 7.72. The fourth-order valence-corrected chi connectivity index (χ4v) is 5.30. The summed E-state index contributed by atoms with van der Waals surface area (Å²) in [6.45, 7) is 1.01. The van der Waals surface area contributed by atoms with E-state index in [1.165, 1.54) is 11.3 Å². The molecule has 1 aliphatic heterocycles. The number of thiophene rings is 1. The average Bonchev–Trinajstić information content (AvgIpc) is 3.31. The molecule has 3 aromatic rings. The third-order valence-corrected chi connectivity index (χ3v) is 7.11. The first-order valence-electron chi connectivity index (χ1n) is 9.82. The molecule has 152 valence electrons. The van der Waals surface area contributed by atoms with Crippen molar-refractivity contribution in [1.82, 2.24) is 9.47 Å². The lowest BCUT2D eigenvalue weighted by molar-refractivity contribution is 0.0410. The van der Waals surface area contributed by atoms with E-state index in [1.807, 2.05) is 59.1 Å². The largest absolute Gasteiger partial charge is 0.461 e. The van der Waals surface area contributed by atoms with Crippen LogP contribution in [0.1, 0.15) is 45.8 Å². The molecule has 1 amide bonds. The summed E-state index contributed by atoms with van der Waals surface area (Å²) in [6, 6.07) is 11.5. The minimum atomic E-state index is -0.396. The number of hydrogen-bond acceptors (Lipinski definition) is 4. The molecule has 0 radical (unpaired) electrons. The van der Waals surface area contributed by atoms with Crippen LogP contribution in [0.3, 0.4) is 0 Å². The fourth-order valence-electron chi connectivity index (χ4n) is 3.90. The SMILES string of the molecule is Cn1cccc1C(=O)N1CCCCC1CCOC(=O)c1sc2ccccc2c1Cl. The van der Waals surface area contributed by atoms with Crippen LogP contribution in [0.4, 0.5) is 0 Å². The molecule has 1 fully saturated rings. The van der Waals surface area contributed by atoms with Gasteiger partial charge in [0.1, 0.15) is 10.6 Å². The van der Waals surface area contributed by atoms with Crippen molar-refractivity contribution >= 4 is 44.9 Å². The zero-order valence-corrected chi connectivity index (χ0v) is 17.8. The Bertz CT molecular complexity index is 1040. The number of nitrogens with zero attached hydrogens (tertiary/aromatic N) is 2. The molecule has 2 aromatic heterocycles. The Morgan fingerprint density at radius 3 is 2.79 bits per heavy atom. The second-order valence-electron chi connectivity index (χ2n) is 7.32. The number of benzene rings is 1. The summed E-state index contributed by atoms with van der Waals surface area (Å²) in [7, 11) is 1.88. The predicted octanol–water partition coefficient (Wildman–Crippen LogP) is 5.14. The molecule has 1 saturated heterocycles. The molecule has 1 aliphatic rings. The van der Waals surface area contributed by atoms with E-state index in [1.54, 1.807) is 0 Å². The number of halogens is 1. The highest BCUT2D eigenvalue weighted by atomic mass is 35.5. The van der Waals surface area contributed by atoms with Gasteiger partial charge in [0, 0.05) is 42.3 Å². The van der Waals surface area contributed by atoms with E-state index in [9.17, 15) is 9.59 Å². The Morgan fingerprint density at radius 1 is 1.21 bits per heavy atom. The Labute approximate surface area is 178 Å². The lowest BCUT2D eigenvalue weighted by Gasteiger charge is -2.35. The van der Waals surface area contributed by atoms with Crippen LogP contribution in [0, 0.1) is 0 Å². The molecule has 7 heteroatoms.